The van der Waals surface area contributed by atoms with Gasteiger partial charge in [-0.1, -0.05) is 0 Å². The number of amides is 1. The van der Waals surface area contributed by atoms with E-state index in [2.05, 4.69) is 26.3 Å². The Morgan fingerprint density at radius 2 is 2.00 bits per heavy atom. The lowest BCUT2D eigenvalue weighted by atomic mass is 10.1. The number of benzene rings is 1. The van der Waals surface area contributed by atoms with Gasteiger partial charge in [0.1, 0.15) is 5.82 Å². The third kappa shape index (κ3) is 2.60. The number of hydrogen-bond acceptors (Lipinski definition) is 2. The molecule has 0 saturated heterocycles. The summed E-state index contributed by atoms with van der Waals surface area (Å²) in [5.41, 5.74) is 3.25. The average Bonchev–Trinajstić information content (AvgIpc) is 2.60. The largest absolute Gasteiger partial charge is 0.322 e. The Morgan fingerprint density at radius 1 is 1.35 bits per heavy atom. The van der Waals surface area contributed by atoms with E-state index in [0.717, 1.165) is 5.69 Å². The van der Waals surface area contributed by atoms with E-state index in [4.69, 9.17) is 0 Å². The Balaban J connectivity index is 2.35. The Hall–Kier alpha value is -1.69. The second-order valence-electron chi connectivity index (χ2n) is 4.70. The minimum absolute atomic E-state index is 0.241. The molecule has 0 saturated carbocycles. The maximum Gasteiger partial charge on any atom is 0.259 e. The molecule has 2 rings (SSSR count). The predicted molar refractivity (Wildman–Crippen MR) is 79.5 cm³/mol. The maximum absolute atomic E-state index is 13.4. The van der Waals surface area contributed by atoms with E-state index in [0.29, 0.717) is 27.0 Å². The fraction of sp³-hybridized carbons (Fsp3) is 0.286. The van der Waals surface area contributed by atoms with Crippen LogP contribution in [0, 0.1) is 26.6 Å². The molecular weight excluding hydrogens is 325 g/mol. The summed E-state index contributed by atoms with van der Waals surface area (Å²) < 4.78 is 15.4. The Morgan fingerprint density at radius 3 is 2.55 bits per heavy atom. The van der Waals surface area contributed by atoms with E-state index in [1.807, 2.05) is 6.92 Å². The van der Waals surface area contributed by atoms with Crippen molar-refractivity contribution in [2.45, 2.75) is 20.8 Å². The summed E-state index contributed by atoms with van der Waals surface area (Å²) in [6.07, 6.45) is 0. The first-order valence-electron chi connectivity index (χ1n) is 6.08. The quantitative estimate of drug-likeness (QED) is 0.910. The van der Waals surface area contributed by atoms with Crippen molar-refractivity contribution in [3.63, 3.8) is 0 Å². The molecule has 1 heterocycles. The van der Waals surface area contributed by atoms with Gasteiger partial charge in [0.2, 0.25) is 0 Å². The SMILES string of the molecule is Cc1cc(F)c(Br)cc1NC(=O)c1c(C)nn(C)c1C. The van der Waals surface area contributed by atoms with Crippen LogP contribution in [0.3, 0.4) is 0 Å². The van der Waals surface area contributed by atoms with Crippen LogP contribution in [-0.2, 0) is 7.05 Å². The average molecular weight is 340 g/mol. The highest BCUT2D eigenvalue weighted by molar-refractivity contribution is 9.10. The van der Waals surface area contributed by atoms with Crippen LogP contribution < -0.4 is 5.32 Å². The van der Waals surface area contributed by atoms with Gasteiger partial charge in [-0.2, -0.15) is 5.10 Å². The van der Waals surface area contributed by atoms with Crippen molar-refractivity contribution in [3.8, 4) is 0 Å². The molecule has 0 bridgehead atoms. The number of halogens is 2. The fourth-order valence-corrected chi connectivity index (χ4v) is 2.41. The van der Waals surface area contributed by atoms with Gasteiger partial charge >= 0.3 is 0 Å². The van der Waals surface area contributed by atoms with Crippen LogP contribution in [0.15, 0.2) is 16.6 Å². The molecule has 4 nitrogen and oxygen atoms in total. The normalized spacial score (nSPS) is 10.7. The van der Waals surface area contributed by atoms with Gasteiger partial charge in [-0.15, -0.1) is 0 Å². The zero-order chi connectivity index (χ0) is 15.0. The molecule has 2 aromatic rings. The van der Waals surface area contributed by atoms with Crippen LogP contribution in [0.25, 0.3) is 0 Å². The molecular formula is C14H15BrFN3O. The summed E-state index contributed by atoms with van der Waals surface area (Å²) in [7, 11) is 1.79. The summed E-state index contributed by atoms with van der Waals surface area (Å²) in [5.74, 6) is -0.594. The number of anilines is 1. The van der Waals surface area contributed by atoms with E-state index in [1.165, 1.54) is 6.07 Å². The summed E-state index contributed by atoms with van der Waals surface area (Å²) in [5, 5.41) is 7.01. The minimum Gasteiger partial charge on any atom is -0.322 e. The van der Waals surface area contributed by atoms with Crippen LogP contribution in [0.1, 0.15) is 27.3 Å². The Kier molecular flexibility index (Phi) is 3.94. The number of rotatable bonds is 2. The standard InChI is InChI=1S/C14H15BrFN3O/c1-7-5-11(16)10(15)6-12(7)17-14(20)13-8(2)18-19(4)9(13)3/h5-6H,1-4H3,(H,17,20). The maximum atomic E-state index is 13.4. The highest BCUT2D eigenvalue weighted by atomic mass is 79.9. The predicted octanol–water partition coefficient (Wildman–Crippen LogP) is 3.50. The van der Waals surface area contributed by atoms with Crippen molar-refractivity contribution in [1.29, 1.82) is 0 Å². The lowest BCUT2D eigenvalue weighted by molar-refractivity contribution is 0.102. The van der Waals surface area contributed by atoms with Crippen molar-refractivity contribution in [1.82, 2.24) is 9.78 Å². The monoisotopic (exact) mass is 339 g/mol. The molecule has 0 radical (unpaired) electrons. The number of carbonyl (C=O) groups excluding carboxylic acids is 1. The molecule has 1 aromatic carbocycles. The van der Waals surface area contributed by atoms with E-state index < -0.39 is 0 Å². The third-order valence-corrected chi connectivity index (χ3v) is 3.86. The molecule has 0 aliphatic rings. The zero-order valence-electron chi connectivity index (χ0n) is 11.7. The van der Waals surface area contributed by atoms with E-state index in [1.54, 1.807) is 31.6 Å². The number of aromatic nitrogens is 2. The summed E-state index contributed by atoms with van der Waals surface area (Å²) in [6, 6.07) is 2.94. The van der Waals surface area contributed by atoms with Crippen molar-refractivity contribution in [2.75, 3.05) is 5.32 Å². The first-order chi connectivity index (χ1) is 9.31. The van der Waals surface area contributed by atoms with Gasteiger partial charge in [-0.05, 0) is 54.4 Å². The van der Waals surface area contributed by atoms with E-state index in [-0.39, 0.29) is 11.7 Å². The molecule has 1 amide bonds. The van der Waals surface area contributed by atoms with Crippen LogP contribution in [0.4, 0.5) is 10.1 Å². The Labute approximate surface area is 125 Å². The van der Waals surface area contributed by atoms with E-state index in [9.17, 15) is 9.18 Å². The molecule has 106 valence electrons. The number of hydrogen-bond donors (Lipinski definition) is 1. The zero-order valence-corrected chi connectivity index (χ0v) is 13.3. The lowest BCUT2D eigenvalue weighted by Crippen LogP contribution is -2.15. The van der Waals surface area contributed by atoms with Crippen LogP contribution in [0.5, 0.6) is 0 Å². The van der Waals surface area contributed by atoms with Gasteiger partial charge in [0, 0.05) is 18.4 Å². The minimum atomic E-state index is -0.353. The van der Waals surface area contributed by atoms with Crippen LogP contribution in [0.2, 0.25) is 0 Å². The van der Waals surface area contributed by atoms with Crippen LogP contribution >= 0.6 is 15.9 Å². The smallest absolute Gasteiger partial charge is 0.259 e. The van der Waals surface area contributed by atoms with Crippen molar-refractivity contribution in [3.05, 3.63) is 44.9 Å². The number of carbonyl (C=O) groups is 1. The van der Waals surface area contributed by atoms with Crippen molar-refractivity contribution >= 4 is 27.5 Å². The highest BCUT2D eigenvalue weighted by Gasteiger charge is 2.18. The molecule has 0 fully saturated rings. The molecule has 0 aliphatic heterocycles. The van der Waals surface area contributed by atoms with Gasteiger partial charge in [0.15, 0.2) is 0 Å². The van der Waals surface area contributed by atoms with Gasteiger partial charge in [0.05, 0.1) is 15.7 Å². The highest BCUT2D eigenvalue weighted by Crippen LogP contribution is 2.25. The van der Waals surface area contributed by atoms with Crippen molar-refractivity contribution in [2.24, 2.45) is 7.05 Å². The molecule has 0 atom stereocenters. The lowest BCUT2D eigenvalue weighted by Gasteiger charge is -2.10. The van der Waals surface area contributed by atoms with Crippen molar-refractivity contribution < 1.29 is 9.18 Å². The first-order valence-corrected chi connectivity index (χ1v) is 6.87. The molecule has 0 spiro atoms. The van der Waals surface area contributed by atoms with Gasteiger partial charge in [-0.3, -0.25) is 9.48 Å². The molecule has 1 aromatic heterocycles. The number of aryl methyl sites for hydroxylation is 3. The summed E-state index contributed by atoms with van der Waals surface area (Å²) in [4.78, 5) is 12.3. The molecule has 6 heteroatoms. The number of nitrogens with zero attached hydrogens (tertiary/aromatic N) is 2. The van der Waals surface area contributed by atoms with Gasteiger partial charge in [0.25, 0.3) is 5.91 Å². The number of nitrogens with one attached hydrogen (secondary N) is 1. The molecule has 1 N–H and O–H groups in total. The molecule has 0 aliphatic carbocycles. The van der Waals surface area contributed by atoms with Gasteiger partial charge < -0.3 is 5.32 Å². The molecule has 20 heavy (non-hydrogen) atoms. The first kappa shape index (κ1) is 14.7. The second kappa shape index (κ2) is 5.36. The third-order valence-electron chi connectivity index (χ3n) is 3.25. The fourth-order valence-electron chi connectivity index (χ4n) is 2.07. The Bertz CT molecular complexity index is 694. The summed E-state index contributed by atoms with van der Waals surface area (Å²) in [6.45, 7) is 5.37. The molecule has 0 unspecified atom stereocenters. The topological polar surface area (TPSA) is 46.9 Å². The van der Waals surface area contributed by atoms with Crippen LogP contribution in [-0.4, -0.2) is 15.7 Å². The second-order valence-corrected chi connectivity index (χ2v) is 5.56. The van der Waals surface area contributed by atoms with Gasteiger partial charge in [-0.25, -0.2) is 4.39 Å². The summed E-state index contributed by atoms with van der Waals surface area (Å²) >= 11 is 3.12. The van der Waals surface area contributed by atoms with E-state index >= 15 is 0 Å².